The number of amides is 2. The fourth-order valence-corrected chi connectivity index (χ4v) is 4.57. The van der Waals surface area contributed by atoms with E-state index in [9.17, 15) is 9.59 Å². The molecule has 8 heteroatoms. The summed E-state index contributed by atoms with van der Waals surface area (Å²) in [6.45, 7) is 16.5. The van der Waals surface area contributed by atoms with Gasteiger partial charge in [0.05, 0.1) is 16.8 Å². The molecule has 7 nitrogen and oxygen atoms in total. The van der Waals surface area contributed by atoms with Gasteiger partial charge in [0.15, 0.2) is 0 Å². The quantitative estimate of drug-likeness (QED) is 0.638. The first-order chi connectivity index (χ1) is 13.8. The minimum absolute atomic E-state index is 0.115. The highest BCUT2D eigenvalue weighted by atomic mass is 32.1. The molecular weight excluding hydrogens is 402 g/mol. The maximum atomic E-state index is 13.3. The molecule has 0 aromatic carbocycles. The number of hydrogen-bond donors (Lipinski definition) is 2. The average molecular weight is 440 g/mol. The molecule has 0 aliphatic heterocycles. The Morgan fingerprint density at radius 3 is 2.50 bits per heavy atom. The van der Waals surface area contributed by atoms with Crippen molar-refractivity contribution in [2.45, 2.75) is 91.4 Å². The van der Waals surface area contributed by atoms with Gasteiger partial charge in [-0.2, -0.15) is 0 Å². The fraction of sp³-hybridized carbons (Fsp3) is 0.773. The van der Waals surface area contributed by atoms with E-state index in [4.69, 9.17) is 9.47 Å². The number of thiazole rings is 1. The van der Waals surface area contributed by atoms with E-state index in [1.807, 2.05) is 26.2 Å². The highest BCUT2D eigenvalue weighted by Crippen LogP contribution is 2.51. The van der Waals surface area contributed by atoms with E-state index in [1.165, 1.54) is 0 Å². The van der Waals surface area contributed by atoms with Crippen LogP contribution in [0, 0.1) is 5.41 Å². The van der Waals surface area contributed by atoms with Crippen molar-refractivity contribution in [2.75, 3.05) is 13.2 Å². The first kappa shape index (κ1) is 24.6. The second-order valence-corrected chi connectivity index (χ2v) is 10.6. The number of carbonyl (C=O) groups excluding carboxylic acids is 2. The highest BCUT2D eigenvalue weighted by molar-refractivity contribution is 7.09. The molecule has 2 amide bonds. The van der Waals surface area contributed by atoms with Crippen LogP contribution in [-0.2, 0) is 20.7 Å². The van der Waals surface area contributed by atoms with E-state index in [2.05, 4.69) is 29.5 Å². The van der Waals surface area contributed by atoms with Crippen LogP contribution >= 0.6 is 11.3 Å². The van der Waals surface area contributed by atoms with Gasteiger partial charge in [0.2, 0.25) is 5.91 Å². The number of rotatable bonds is 8. The summed E-state index contributed by atoms with van der Waals surface area (Å²) in [7, 11) is 0. The van der Waals surface area contributed by atoms with Gasteiger partial charge < -0.3 is 20.1 Å². The molecule has 0 saturated heterocycles. The molecule has 1 aliphatic rings. The summed E-state index contributed by atoms with van der Waals surface area (Å²) in [6.07, 6.45) is 0.344. The number of alkyl carbamates (subject to hydrolysis) is 1. The molecule has 0 spiro atoms. The number of ether oxygens (including phenoxy) is 2. The molecule has 170 valence electrons. The second-order valence-electron chi connectivity index (χ2n) is 9.74. The molecule has 2 N–H and O–H groups in total. The lowest BCUT2D eigenvalue weighted by Gasteiger charge is -2.59. The van der Waals surface area contributed by atoms with Crippen LogP contribution in [0.1, 0.15) is 78.4 Å². The number of nitrogens with one attached hydrogen (secondary N) is 2. The summed E-state index contributed by atoms with van der Waals surface area (Å²) in [5.41, 5.74) is -1.33. The van der Waals surface area contributed by atoms with Crippen molar-refractivity contribution in [2.24, 2.45) is 5.41 Å². The van der Waals surface area contributed by atoms with Crippen molar-refractivity contribution < 1.29 is 19.1 Å². The first-order valence-corrected chi connectivity index (χ1v) is 11.6. The Morgan fingerprint density at radius 1 is 1.33 bits per heavy atom. The molecule has 30 heavy (non-hydrogen) atoms. The molecule has 0 bridgehead atoms. The van der Waals surface area contributed by atoms with Crippen LogP contribution < -0.4 is 10.6 Å². The molecule has 0 unspecified atom stereocenters. The van der Waals surface area contributed by atoms with Crippen LogP contribution in [0.15, 0.2) is 5.38 Å². The van der Waals surface area contributed by atoms with Crippen LogP contribution in [0.3, 0.4) is 0 Å². The van der Waals surface area contributed by atoms with Gasteiger partial charge in [-0.1, -0.05) is 27.7 Å². The minimum atomic E-state index is -1.08. The lowest BCUT2D eigenvalue weighted by Crippen LogP contribution is -2.78. The lowest BCUT2D eigenvalue weighted by molar-refractivity contribution is -0.178. The Labute approximate surface area is 184 Å². The van der Waals surface area contributed by atoms with Crippen LogP contribution in [0.2, 0.25) is 0 Å². The fourth-order valence-electron chi connectivity index (χ4n) is 3.70. The van der Waals surface area contributed by atoms with Gasteiger partial charge in [-0.15, -0.1) is 11.3 Å². The summed E-state index contributed by atoms with van der Waals surface area (Å²) in [5, 5.41) is 9.00. The maximum absolute atomic E-state index is 13.3. The molecule has 1 heterocycles. The van der Waals surface area contributed by atoms with Gasteiger partial charge in [0.1, 0.15) is 11.1 Å². The Kier molecular flexibility index (Phi) is 7.56. The topological polar surface area (TPSA) is 89.5 Å². The molecule has 1 aromatic rings. The summed E-state index contributed by atoms with van der Waals surface area (Å²) in [6, 6.07) is 0. The Morgan fingerprint density at radius 2 is 2.00 bits per heavy atom. The zero-order valence-corrected chi connectivity index (χ0v) is 20.4. The number of aromatic nitrogens is 1. The zero-order valence-electron chi connectivity index (χ0n) is 19.5. The Balaban J connectivity index is 2.08. The third-order valence-corrected chi connectivity index (χ3v) is 6.79. The predicted octanol–water partition coefficient (Wildman–Crippen LogP) is 4.02. The van der Waals surface area contributed by atoms with E-state index >= 15 is 0 Å². The van der Waals surface area contributed by atoms with Crippen LogP contribution in [0.25, 0.3) is 0 Å². The highest BCUT2D eigenvalue weighted by Gasteiger charge is 2.66. The van der Waals surface area contributed by atoms with E-state index in [0.29, 0.717) is 31.9 Å². The van der Waals surface area contributed by atoms with Crippen molar-refractivity contribution in [3.8, 4) is 0 Å². The van der Waals surface area contributed by atoms with Crippen molar-refractivity contribution >= 4 is 23.3 Å². The zero-order chi connectivity index (χ0) is 22.7. The molecule has 1 saturated carbocycles. The van der Waals surface area contributed by atoms with E-state index in [0.717, 1.165) is 10.7 Å². The molecule has 1 fully saturated rings. The normalized spacial score (nSPS) is 23.0. The van der Waals surface area contributed by atoms with E-state index in [-0.39, 0.29) is 12.0 Å². The molecule has 1 aromatic heterocycles. The minimum Gasteiger partial charge on any atom is -0.444 e. The largest absolute Gasteiger partial charge is 0.444 e. The second kappa shape index (κ2) is 9.22. The van der Waals surface area contributed by atoms with Gasteiger partial charge >= 0.3 is 6.09 Å². The van der Waals surface area contributed by atoms with Crippen LogP contribution in [0.5, 0.6) is 0 Å². The maximum Gasteiger partial charge on any atom is 0.408 e. The van der Waals surface area contributed by atoms with Crippen molar-refractivity contribution in [3.05, 3.63) is 16.1 Å². The monoisotopic (exact) mass is 439 g/mol. The average Bonchev–Trinajstić information content (AvgIpc) is 3.08. The molecular formula is C22H37N3O4S. The smallest absolute Gasteiger partial charge is 0.408 e. The van der Waals surface area contributed by atoms with Gasteiger partial charge in [-0.25, -0.2) is 9.78 Å². The van der Waals surface area contributed by atoms with Gasteiger partial charge in [-0.05, 0) is 27.7 Å². The molecule has 2 rings (SSSR count). The third kappa shape index (κ3) is 5.32. The van der Waals surface area contributed by atoms with Crippen LogP contribution in [-0.4, -0.2) is 47.4 Å². The Bertz CT molecular complexity index is 754. The predicted molar refractivity (Wildman–Crippen MR) is 119 cm³/mol. The van der Waals surface area contributed by atoms with E-state index in [1.54, 1.807) is 32.1 Å². The molecule has 2 atom stereocenters. The summed E-state index contributed by atoms with van der Waals surface area (Å²) < 4.78 is 11.2. The number of carbonyl (C=O) groups is 2. The molecule has 0 radical (unpaired) electrons. The van der Waals surface area contributed by atoms with Gasteiger partial charge in [-0.3, -0.25) is 4.79 Å². The van der Waals surface area contributed by atoms with Crippen molar-refractivity contribution in [1.29, 1.82) is 0 Å². The molecule has 1 aliphatic carbocycles. The SMILES string of the molecule is CCO[C@@H]1C[C@@](NC(=O)OC(C)(C)C)(C(=O)NCCc2csc(C(C)C)n2)C1(C)C. The lowest BCUT2D eigenvalue weighted by atomic mass is 9.53. The standard InChI is InChI=1S/C22H37N3O4S/c1-9-28-16-12-22(21(16,7)8,25-19(27)29-20(4,5)6)18(26)23-11-10-15-13-30-17(24-15)14(2)3/h13-14,16H,9-12H2,1-8H3,(H,23,26)(H,25,27)/t16-,22-/m1/s1. The third-order valence-electron chi connectivity index (χ3n) is 5.60. The summed E-state index contributed by atoms with van der Waals surface area (Å²) in [4.78, 5) is 30.4. The van der Waals surface area contributed by atoms with E-state index < -0.39 is 22.6 Å². The van der Waals surface area contributed by atoms with Crippen molar-refractivity contribution in [1.82, 2.24) is 15.6 Å². The van der Waals surface area contributed by atoms with Crippen molar-refractivity contribution in [3.63, 3.8) is 0 Å². The Hall–Kier alpha value is -1.67. The van der Waals surface area contributed by atoms with Gasteiger partial charge in [0, 0.05) is 42.7 Å². The number of nitrogens with zero attached hydrogens (tertiary/aromatic N) is 1. The summed E-state index contributed by atoms with van der Waals surface area (Å²) in [5.74, 6) is 0.180. The van der Waals surface area contributed by atoms with Crippen LogP contribution in [0.4, 0.5) is 4.79 Å². The number of hydrogen-bond acceptors (Lipinski definition) is 6. The summed E-state index contributed by atoms with van der Waals surface area (Å²) >= 11 is 1.64. The van der Waals surface area contributed by atoms with Gasteiger partial charge in [0.25, 0.3) is 0 Å². The first-order valence-electron chi connectivity index (χ1n) is 10.7.